The van der Waals surface area contributed by atoms with Crippen molar-refractivity contribution in [3.63, 3.8) is 0 Å². The van der Waals surface area contributed by atoms with Gasteiger partial charge in [-0.25, -0.2) is 14.6 Å². The van der Waals surface area contributed by atoms with Crippen LogP contribution in [0.1, 0.15) is 24.8 Å². The van der Waals surface area contributed by atoms with Gasteiger partial charge in [0, 0.05) is 31.3 Å². The van der Waals surface area contributed by atoms with E-state index in [0.717, 1.165) is 29.8 Å². The number of piperidine rings is 1. The maximum atomic E-state index is 13.3. The zero-order chi connectivity index (χ0) is 23.6. The number of rotatable bonds is 8. The second-order valence-corrected chi connectivity index (χ2v) is 7.64. The number of hydrogen-bond acceptors (Lipinski definition) is 5. The van der Waals surface area contributed by atoms with E-state index in [1.807, 2.05) is 30.3 Å². The van der Waals surface area contributed by atoms with Crippen LogP contribution in [0.15, 0.2) is 54.6 Å². The van der Waals surface area contributed by atoms with E-state index in [0.29, 0.717) is 25.2 Å². The highest BCUT2D eigenvalue weighted by Gasteiger charge is 2.35. The van der Waals surface area contributed by atoms with Gasteiger partial charge in [-0.2, -0.15) is 0 Å². The SMILES string of the molecule is N=C(N)Nc1cccc(OC(=O)[C@H](Cc2ccccc2)N(NC=O)C(=O)N2CCCCC2)c1. The number of hydrazine groups is 1. The highest BCUT2D eigenvalue weighted by atomic mass is 16.5. The van der Waals surface area contributed by atoms with E-state index in [4.69, 9.17) is 15.9 Å². The summed E-state index contributed by atoms with van der Waals surface area (Å²) in [4.78, 5) is 39.5. The van der Waals surface area contributed by atoms with Crippen LogP contribution in [0.25, 0.3) is 0 Å². The van der Waals surface area contributed by atoms with Gasteiger partial charge in [0.1, 0.15) is 5.75 Å². The molecule has 1 fully saturated rings. The molecule has 10 heteroatoms. The smallest absolute Gasteiger partial charge is 0.339 e. The lowest BCUT2D eigenvalue weighted by atomic mass is 10.1. The first-order valence-electron chi connectivity index (χ1n) is 10.7. The molecule has 33 heavy (non-hydrogen) atoms. The number of likely N-dealkylation sites (tertiary alicyclic amines) is 1. The molecule has 1 atom stereocenters. The molecule has 0 spiro atoms. The second-order valence-electron chi connectivity index (χ2n) is 7.64. The minimum Gasteiger partial charge on any atom is -0.425 e. The van der Waals surface area contributed by atoms with E-state index in [2.05, 4.69) is 10.7 Å². The van der Waals surface area contributed by atoms with Crippen LogP contribution >= 0.6 is 0 Å². The van der Waals surface area contributed by atoms with Crippen molar-refractivity contribution in [3.8, 4) is 5.75 Å². The van der Waals surface area contributed by atoms with Crippen molar-refractivity contribution in [2.24, 2.45) is 5.73 Å². The van der Waals surface area contributed by atoms with Crippen LogP contribution < -0.4 is 21.2 Å². The molecule has 1 aliphatic rings. The van der Waals surface area contributed by atoms with E-state index in [9.17, 15) is 14.4 Å². The zero-order valence-electron chi connectivity index (χ0n) is 18.2. The first kappa shape index (κ1) is 23.6. The summed E-state index contributed by atoms with van der Waals surface area (Å²) >= 11 is 0. The minimum absolute atomic E-state index is 0.144. The molecule has 3 rings (SSSR count). The van der Waals surface area contributed by atoms with Crippen molar-refractivity contribution in [1.29, 1.82) is 5.41 Å². The van der Waals surface area contributed by atoms with Crippen molar-refractivity contribution in [3.05, 3.63) is 60.2 Å². The molecular formula is C23H28N6O4. The number of anilines is 1. The fourth-order valence-electron chi connectivity index (χ4n) is 3.67. The average molecular weight is 453 g/mol. The predicted octanol–water partition coefficient (Wildman–Crippen LogP) is 2.08. The molecule has 0 aliphatic carbocycles. The Balaban J connectivity index is 1.86. The van der Waals surface area contributed by atoms with Gasteiger partial charge in [0.05, 0.1) is 0 Å². The van der Waals surface area contributed by atoms with Crippen molar-refractivity contribution in [2.45, 2.75) is 31.7 Å². The molecule has 2 aromatic carbocycles. The maximum absolute atomic E-state index is 13.3. The number of nitrogens with zero attached hydrogens (tertiary/aromatic N) is 2. The lowest BCUT2D eigenvalue weighted by Crippen LogP contribution is -2.59. The van der Waals surface area contributed by atoms with Gasteiger partial charge in [0.15, 0.2) is 12.0 Å². The third kappa shape index (κ3) is 6.70. The van der Waals surface area contributed by atoms with Gasteiger partial charge < -0.3 is 20.7 Å². The highest BCUT2D eigenvalue weighted by molar-refractivity contribution is 5.90. The molecule has 1 heterocycles. The van der Waals surface area contributed by atoms with Crippen molar-refractivity contribution >= 4 is 30.1 Å². The Labute approximate surface area is 192 Å². The highest BCUT2D eigenvalue weighted by Crippen LogP contribution is 2.20. The summed E-state index contributed by atoms with van der Waals surface area (Å²) in [5, 5.41) is 11.0. The van der Waals surface area contributed by atoms with Crippen LogP contribution in [0.2, 0.25) is 0 Å². The lowest BCUT2D eigenvalue weighted by Gasteiger charge is -2.35. The van der Waals surface area contributed by atoms with Gasteiger partial charge in [-0.3, -0.25) is 15.6 Å². The third-order valence-electron chi connectivity index (χ3n) is 5.21. The molecule has 3 amide bonds. The first-order chi connectivity index (χ1) is 16.0. The molecule has 0 bridgehead atoms. The summed E-state index contributed by atoms with van der Waals surface area (Å²) in [5.74, 6) is -0.756. The zero-order valence-corrected chi connectivity index (χ0v) is 18.2. The molecule has 174 valence electrons. The number of amides is 3. The molecule has 0 unspecified atom stereocenters. The number of benzene rings is 2. The summed E-state index contributed by atoms with van der Waals surface area (Å²) < 4.78 is 5.58. The summed E-state index contributed by atoms with van der Waals surface area (Å²) in [6.07, 6.45) is 3.29. The number of urea groups is 1. The summed E-state index contributed by atoms with van der Waals surface area (Å²) in [7, 11) is 0. The number of guanidine groups is 1. The summed E-state index contributed by atoms with van der Waals surface area (Å²) in [6, 6.07) is 14.0. The third-order valence-corrected chi connectivity index (χ3v) is 5.21. The molecule has 10 nitrogen and oxygen atoms in total. The summed E-state index contributed by atoms with van der Waals surface area (Å²) in [6.45, 7) is 1.11. The van der Waals surface area contributed by atoms with Gasteiger partial charge in [-0.15, -0.1) is 0 Å². The number of carbonyl (C=O) groups excluding carboxylic acids is 3. The fourth-order valence-corrected chi connectivity index (χ4v) is 3.67. The standard InChI is InChI=1S/C23H28N6O4/c24-22(25)27-18-10-7-11-19(15-18)33-21(31)20(14-17-8-3-1-4-9-17)29(26-16-30)23(32)28-12-5-2-6-13-28/h1,3-4,7-11,15-16,20H,2,5-6,12-14H2,(H,26,30)(H4,24,25,27)/t20-/m0/s1. The lowest BCUT2D eigenvalue weighted by molar-refractivity contribution is -0.141. The number of ether oxygens (including phenoxy) is 1. The Kier molecular flexibility index (Phi) is 8.23. The predicted molar refractivity (Wildman–Crippen MR) is 123 cm³/mol. The largest absolute Gasteiger partial charge is 0.425 e. The van der Waals surface area contributed by atoms with Crippen molar-refractivity contribution in [1.82, 2.24) is 15.3 Å². The molecule has 1 aliphatic heterocycles. The van der Waals surface area contributed by atoms with Gasteiger partial charge >= 0.3 is 12.0 Å². The maximum Gasteiger partial charge on any atom is 0.339 e. The molecule has 1 saturated heterocycles. The van der Waals surface area contributed by atoms with Crippen LogP contribution in [0.3, 0.4) is 0 Å². The van der Waals surface area contributed by atoms with Gasteiger partial charge in [0.25, 0.3) is 0 Å². The van der Waals surface area contributed by atoms with Gasteiger partial charge in [-0.1, -0.05) is 36.4 Å². The fraction of sp³-hybridized carbons (Fsp3) is 0.304. The topological polar surface area (TPSA) is 141 Å². The van der Waals surface area contributed by atoms with E-state index in [1.54, 1.807) is 23.1 Å². The monoisotopic (exact) mass is 452 g/mol. The molecule has 0 saturated carbocycles. The van der Waals surface area contributed by atoms with E-state index >= 15 is 0 Å². The molecule has 2 aromatic rings. The number of esters is 1. The molecule has 0 aromatic heterocycles. The quantitative estimate of drug-likeness (QED) is 0.121. The van der Waals surface area contributed by atoms with Crippen LogP contribution in [0.5, 0.6) is 5.75 Å². The average Bonchev–Trinajstić information content (AvgIpc) is 2.82. The number of nitrogens with two attached hydrogens (primary N) is 1. The van der Waals surface area contributed by atoms with Crippen LogP contribution in [0.4, 0.5) is 10.5 Å². The Morgan fingerprint density at radius 1 is 1.12 bits per heavy atom. The number of nitrogens with one attached hydrogen (secondary N) is 3. The van der Waals surface area contributed by atoms with Crippen LogP contribution in [-0.2, 0) is 16.0 Å². The molecule has 0 radical (unpaired) electrons. The van der Waals surface area contributed by atoms with E-state index < -0.39 is 18.0 Å². The van der Waals surface area contributed by atoms with E-state index in [1.165, 1.54) is 6.07 Å². The minimum atomic E-state index is -1.10. The second kappa shape index (κ2) is 11.5. The van der Waals surface area contributed by atoms with Crippen LogP contribution in [0, 0.1) is 5.41 Å². The first-order valence-corrected chi connectivity index (χ1v) is 10.7. The Hall–Kier alpha value is -4.08. The Morgan fingerprint density at radius 3 is 2.52 bits per heavy atom. The van der Waals surface area contributed by atoms with Crippen LogP contribution in [-0.4, -0.2) is 53.4 Å². The van der Waals surface area contributed by atoms with E-state index in [-0.39, 0.29) is 18.1 Å². The normalized spacial score (nSPS) is 14.0. The van der Waals surface area contributed by atoms with Gasteiger partial charge in [-0.05, 0) is 37.0 Å². The summed E-state index contributed by atoms with van der Waals surface area (Å²) in [5.41, 5.74) is 9.04. The Bertz CT molecular complexity index is 978. The van der Waals surface area contributed by atoms with Gasteiger partial charge in [0.2, 0.25) is 6.41 Å². The van der Waals surface area contributed by atoms with Crippen molar-refractivity contribution < 1.29 is 19.1 Å². The molecule has 5 N–H and O–H groups in total. The molecular weight excluding hydrogens is 424 g/mol. The van der Waals surface area contributed by atoms with Crippen molar-refractivity contribution in [2.75, 3.05) is 18.4 Å². The number of carbonyl (C=O) groups is 3. The number of hydrogen-bond donors (Lipinski definition) is 4. The Morgan fingerprint density at radius 2 is 1.85 bits per heavy atom.